The van der Waals surface area contributed by atoms with Crippen LogP contribution in [0, 0.1) is 23.2 Å². The molecule has 0 radical (unpaired) electrons. The fourth-order valence-corrected chi connectivity index (χ4v) is 6.51. The van der Waals surface area contributed by atoms with Gasteiger partial charge in [-0.25, -0.2) is 0 Å². The zero-order valence-electron chi connectivity index (χ0n) is 17.4. The Balaban J connectivity index is 1.07. The Kier molecular flexibility index (Phi) is 5.46. The summed E-state index contributed by atoms with van der Waals surface area (Å²) in [6, 6.07) is 7.13. The van der Waals surface area contributed by atoms with E-state index in [1.165, 1.54) is 38.5 Å². The van der Waals surface area contributed by atoms with Crippen LogP contribution >= 0.6 is 11.6 Å². The van der Waals surface area contributed by atoms with E-state index in [9.17, 15) is 9.59 Å². The fraction of sp³-hybridized carbons (Fsp3) is 0.565. The van der Waals surface area contributed by atoms with Crippen LogP contribution in [0.5, 0.6) is 0 Å². The molecular formula is C23H27ClN4O3. The van der Waals surface area contributed by atoms with Gasteiger partial charge in [0.05, 0.1) is 0 Å². The van der Waals surface area contributed by atoms with E-state index < -0.39 is 0 Å². The molecule has 0 unspecified atom stereocenters. The van der Waals surface area contributed by atoms with E-state index in [2.05, 4.69) is 21.0 Å². The first-order valence-corrected chi connectivity index (χ1v) is 11.5. The molecule has 8 heteroatoms. The number of nitrogens with one attached hydrogen (secondary N) is 2. The highest BCUT2D eigenvalue weighted by Crippen LogP contribution is 2.61. The highest BCUT2D eigenvalue weighted by atomic mass is 35.5. The van der Waals surface area contributed by atoms with Crippen molar-refractivity contribution >= 4 is 23.4 Å². The maximum atomic E-state index is 12.5. The molecule has 0 aliphatic heterocycles. The largest absolute Gasteiger partial charge is 0.339 e. The van der Waals surface area contributed by atoms with Gasteiger partial charge in [0.15, 0.2) is 0 Å². The lowest BCUT2D eigenvalue weighted by atomic mass is 9.49. The SMILES string of the molecule is O=C(CCc1nc(-c2ccc(Cl)cc2)no1)NNC(=O)CC12CC3CC(CC(C3)C1)C2. The van der Waals surface area contributed by atoms with Gasteiger partial charge < -0.3 is 4.52 Å². The van der Waals surface area contributed by atoms with Crippen molar-refractivity contribution in [3.63, 3.8) is 0 Å². The third-order valence-corrected chi connectivity index (χ3v) is 7.43. The van der Waals surface area contributed by atoms with E-state index in [0.29, 0.717) is 29.6 Å². The van der Waals surface area contributed by atoms with E-state index in [1.54, 1.807) is 12.1 Å². The first-order chi connectivity index (χ1) is 15.0. The van der Waals surface area contributed by atoms with Gasteiger partial charge >= 0.3 is 0 Å². The van der Waals surface area contributed by atoms with Crippen molar-refractivity contribution in [2.24, 2.45) is 23.2 Å². The third kappa shape index (κ3) is 4.61. The second kappa shape index (κ2) is 8.26. The fourth-order valence-electron chi connectivity index (χ4n) is 6.39. The Labute approximate surface area is 186 Å². The first kappa shape index (κ1) is 20.5. The summed E-state index contributed by atoms with van der Waals surface area (Å²) in [5.41, 5.74) is 6.10. The van der Waals surface area contributed by atoms with Crippen LogP contribution in [0.2, 0.25) is 5.02 Å². The van der Waals surface area contributed by atoms with Crippen LogP contribution in [0.1, 0.15) is 57.3 Å². The predicted molar refractivity (Wildman–Crippen MR) is 115 cm³/mol. The van der Waals surface area contributed by atoms with Crippen LogP contribution in [0.15, 0.2) is 28.8 Å². The van der Waals surface area contributed by atoms with Gasteiger partial charge in [-0.1, -0.05) is 16.8 Å². The van der Waals surface area contributed by atoms with E-state index in [1.807, 2.05) is 12.1 Å². The minimum Gasteiger partial charge on any atom is -0.339 e. The maximum Gasteiger partial charge on any atom is 0.238 e. The average Bonchev–Trinajstić information content (AvgIpc) is 3.19. The molecule has 1 heterocycles. The first-order valence-electron chi connectivity index (χ1n) is 11.1. The number of hydrazine groups is 1. The van der Waals surface area contributed by atoms with Crippen molar-refractivity contribution in [2.45, 2.75) is 57.8 Å². The number of nitrogens with zero attached hydrogens (tertiary/aromatic N) is 2. The molecule has 0 saturated heterocycles. The Bertz CT molecular complexity index is 936. The summed E-state index contributed by atoms with van der Waals surface area (Å²) in [7, 11) is 0. The molecule has 31 heavy (non-hydrogen) atoms. The Morgan fingerprint density at radius 2 is 1.61 bits per heavy atom. The predicted octanol–water partition coefficient (Wildman–Crippen LogP) is 4.08. The van der Waals surface area contributed by atoms with E-state index in [4.69, 9.17) is 16.1 Å². The van der Waals surface area contributed by atoms with E-state index >= 15 is 0 Å². The number of aryl methyl sites for hydroxylation is 1. The van der Waals surface area contributed by atoms with Crippen LogP contribution in [0.3, 0.4) is 0 Å². The van der Waals surface area contributed by atoms with Gasteiger partial charge in [0, 0.05) is 29.8 Å². The van der Waals surface area contributed by atoms with Gasteiger partial charge in [0.2, 0.25) is 23.5 Å². The molecule has 7 nitrogen and oxygen atoms in total. The number of benzene rings is 1. The number of halogens is 1. The number of hydrogen-bond acceptors (Lipinski definition) is 5. The minimum atomic E-state index is -0.273. The van der Waals surface area contributed by atoms with Gasteiger partial charge in [-0.2, -0.15) is 4.98 Å². The number of hydrogen-bond donors (Lipinski definition) is 2. The molecule has 4 aliphatic carbocycles. The standard InChI is InChI=1S/C23H27ClN4O3/c24-18-3-1-17(2-4-18)22-25-21(31-28-22)6-5-19(29)26-27-20(30)13-23-10-14-7-15(11-23)9-16(8-14)12-23/h1-4,14-16H,5-13H2,(H,26,29)(H,27,30). The maximum absolute atomic E-state index is 12.5. The molecule has 2 aromatic rings. The molecule has 4 bridgehead atoms. The van der Waals surface area contributed by atoms with Crippen molar-refractivity contribution in [3.05, 3.63) is 35.2 Å². The highest BCUT2D eigenvalue weighted by Gasteiger charge is 2.51. The number of carbonyl (C=O) groups is 2. The molecule has 1 aromatic heterocycles. The van der Waals surface area contributed by atoms with Crippen LogP contribution in [0.25, 0.3) is 11.4 Å². The van der Waals surface area contributed by atoms with Gasteiger partial charge in [-0.05, 0) is 86.0 Å². The van der Waals surface area contributed by atoms with E-state index in [-0.39, 0.29) is 23.7 Å². The summed E-state index contributed by atoms with van der Waals surface area (Å²) in [5.74, 6) is 2.89. The zero-order valence-corrected chi connectivity index (χ0v) is 18.2. The van der Waals surface area contributed by atoms with Crippen molar-refractivity contribution in [2.75, 3.05) is 0 Å². The summed E-state index contributed by atoms with van der Waals surface area (Å²) in [6.45, 7) is 0. The molecule has 6 rings (SSSR count). The van der Waals surface area contributed by atoms with Gasteiger partial charge in [-0.3, -0.25) is 20.4 Å². The summed E-state index contributed by atoms with van der Waals surface area (Å²) in [4.78, 5) is 29.0. The van der Waals surface area contributed by atoms with Crippen LogP contribution < -0.4 is 10.9 Å². The molecule has 4 aliphatic rings. The number of amides is 2. The lowest BCUT2D eigenvalue weighted by molar-refractivity contribution is -0.134. The van der Waals surface area contributed by atoms with Crippen LogP contribution in [-0.2, 0) is 16.0 Å². The molecule has 4 saturated carbocycles. The second-order valence-corrected chi connectivity index (χ2v) is 10.1. The van der Waals surface area contributed by atoms with Gasteiger partial charge in [-0.15, -0.1) is 0 Å². The van der Waals surface area contributed by atoms with E-state index in [0.717, 1.165) is 23.3 Å². The van der Waals surface area contributed by atoms with Crippen molar-refractivity contribution in [3.8, 4) is 11.4 Å². The highest BCUT2D eigenvalue weighted by molar-refractivity contribution is 6.30. The molecule has 1 aromatic carbocycles. The van der Waals surface area contributed by atoms with Crippen LogP contribution in [-0.4, -0.2) is 22.0 Å². The smallest absolute Gasteiger partial charge is 0.238 e. The quantitative estimate of drug-likeness (QED) is 0.657. The molecule has 0 atom stereocenters. The Morgan fingerprint density at radius 3 is 2.26 bits per heavy atom. The monoisotopic (exact) mass is 442 g/mol. The number of aromatic nitrogens is 2. The second-order valence-electron chi connectivity index (χ2n) is 9.71. The van der Waals surface area contributed by atoms with Crippen LogP contribution in [0.4, 0.5) is 0 Å². The zero-order chi connectivity index (χ0) is 21.4. The third-order valence-electron chi connectivity index (χ3n) is 7.18. The summed E-state index contributed by atoms with van der Waals surface area (Å²) in [6.07, 6.45) is 8.56. The molecule has 164 valence electrons. The number of carbonyl (C=O) groups excluding carboxylic acids is 2. The van der Waals surface area contributed by atoms with Gasteiger partial charge in [0.25, 0.3) is 0 Å². The summed E-state index contributed by atoms with van der Waals surface area (Å²) >= 11 is 5.89. The summed E-state index contributed by atoms with van der Waals surface area (Å²) < 4.78 is 5.22. The lowest BCUT2D eigenvalue weighted by Crippen LogP contribution is -2.50. The topological polar surface area (TPSA) is 97.1 Å². The van der Waals surface area contributed by atoms with Crippen molar-refractivity contribution in [1.82, 2.24) is 21.0 Å². The molecule has 0 spiro atoms. The molecule has 4 fully saturated rings. The van der Waals surface area contributed by atoms with Crippen molar-refractivity contribution in [1.29, 1.82) is 0 Å². The van der Waals surface area contributed by atoms with Crippen molar-refractivity contribution < 1.29 is 14.1 Å². The molecule has 2 amide bonds. The summed E-state index contributed by atoms with van der Waals surface area (Å²) in [5, 5.41) is 4.57. The molecular weight excluding hydrogens is 416 g/mol. The normalized spacial score (nSPS) is 28.5. The Morgan fingerprint density at radius 1 is 1.00 bits per heavy atom. The van der Waals surface area contributed by atoms with Gasteiger partial charge in [0.1, 0.15) is 0 Å². The minimum absolute atomic E-state index is 0.0851. The molecule has 2 N–H and O–H groups in total. The lowest BCUT2D eigenvalue weighted by Gasteiger charge is -2.56. The Hall–Kier alpha value is -2.41. The average molecular weight is 443 g/mol. The number of rotatable bonds is 6.